The summed E-state index contributed by atoms with van der Waals surface area (Å²) < 4.78 is 15.3. The van der Waals surface area contributed by atoms with Crippen molar-refractivity contribution >= 4 is 11.3 Å². The Bertz CT molecular complexity index is 1120. The monoisotopic (exact) mass is 386 g/mol. The van der Waals surface area contributed by atoms with Gasteiger partial charge in [0.15, 0.2) is 0 Å². The molecule has 0 unspecified atom stereocenters. The van der Waals surface area contributed by atoms with E-state index in [2.05, 4.69) is 58.2 Å². The quantitative estimate of drug-likeness (QED) is 0.516. The van der Waals surface area contributed by atoms with Gasteiger partial charge in [-0.3, -0.25) is 4.40 Å². The van der Waals surface area contributed by atoms with Crippen molar-refractivity contribution in [1.82, 2.24) is 14.3 Å². The lowest BCUT2D eigenvalue weighted by Crippen LogP contribution is -2.44. The Morgan fingerprint density at radius 3 is 2.21 bits per heavy atom. The minimum Gasteiger partial charge on any atom is -0.369 e. The Morgan fingerprint density at radius 1 is 0.793 bits per heavy atom. The highest BCUT2D eigenvalue weighted by molar-refractivity contribution is 5.72. The lowest BCUT2D eigenvalue weighted by molar-refractivity contribution is 0.313. The number of hydrogen-bond donors (Lipinski definition) is 0. The molecule has 0 saturated carbocycles. The summed E-state index contributed by atoms with van der Waals surface area (Å²) in [5.41, 5.74) is 6.38. The largest absolute Gasteiger partial charge is 0.369 e. The van der Waals surface area contributed by atoms with Crippen molar-refractivity contribution in [3.8, 4) is 22.4 Å². The fourth-order valence-electron chi connectivity index (χ4n) is 3.92. The number of aromatic nitrogens is 2. The highest BCUT2D eigenvalue weighted by atomic mass is 19.1. The molecule has 0 radical (unpaired) electrons. The first kappa shape index (κ1) is 17.9. The number of benzene rings is 2. The van der Waals surface area contributed by atoms with Gasteiger partial charge in [-0.05, 0) is 66.7 Å². The van der Waals surface area contributed by atoms with Crippen LogP contribution in [0.3, 0.4) is 0 Å². The number of anilines is 1. The van der Waals surface area contributed by atoms with Gasteiger partial charge in [-0.1, -0.05) is 12.1 Å². The summed E-state index contributed by atoms with van der Waals surface area (Å²) in [6.07, 6.45) is 3.87. The van der Waals surface area contributed by atoms with Crippen molar-refractivity contribution in [3.63, 3.8) is 0 Å². The van der Waals surface area contributed by atoms with Gasteiger partial charge in [-0.2, -0.15) is 0 Å². The number of pyridine rings is 1. The van der Waals surface area contributed by atoms with Gasteiger partial charge < -0.3 is 9.80 Å². The van der Waals surface area contributed by atoms with Gasteiger partial charge in [-0.15, -0.1) is 0 Å². The van der Waals surface area contributed by atoms with E-state index in [1.54, 1.807) is 12.1 Å². The molecule has 5 heteroatoms. The molecule has 1 fully saturated rings. The SMILES string of the molecule is CN1CCN(c2ccc(-c3ccn4c(-c5ccc(F)cc5)cnc4c3)cc2)CC1. The molecule has 2 aromatic carbocycles. The number of imidazole rings is 1. The number of fused-ring (bicyclic) bond motifs is 1. The summed E-state index contributed by atoms with van der Waals surface area (Å²) in [6, 6.07) is 19.5. The van der Waals surface area contributed by atoms with E-state index in [0.717, 1.165) is 48.6 Å². The van der Waals surface area contributed by atoms with Crippen LogP contribution in [0.25, 0.3) is 28.0 Å². The summed E-state index contributed by atoms with van der Waals surface area (Å²) in [6.45, 7) is 4.35. The van der Waals surface area contributed by atoms with E-state index >= 15 is 0 Å². The molecule has 0 aliphatic carbocycles. The maximum atomic E-state index is 13.2. The van der Waals surface area contributed by atoms with E-state index in [1.165, 1.54) is 23.4 Å². The van der Waals surface area contributed by atoms with Crippen molar-refractivity contribution in [1.29, 1.82) is 0 Å². The Hall–Kier alpha value is -3.18. The molecule has 1 saturated heterocycles. The molecule has 146 valence electrons. The van der Waals surface area contributed by atoms with E-state index in [9.17, 15) is 4.39 Å². The van der Waals surface area contributed by atoms with Crippen molar-refractivity contribution in [2.45, 2.75) is 0 Å². The summed E-state index contributed by atoms with van der Waals surface area (Å²) in [5.74, 6) is -0.232. The molecule has 1 aliphatic heterocycles. The minimum absolute atomic E-state index is 0.232. The predicted molar refractivity (Wildman–Crippen MR) is 116 cm³/mol. The number of halogens is 1. The van der Waals surface area contributed by atoms with Crippen LogP contribution >= 0.6 is 0 Å². The first-order chi connectivity index (χ1) is 14.2. The molecule has 4 nitrogen and oxygen atoms in total. The van der Waals surface area contributed by atoms with E-state index in [1.807, 2.05) is 16.8 Å². The summed E-state index contributed by atoms with van der Waals surface area (Å²) in [5, 5.41) is 0. The van der Waals surface area contributed by atoms with Gasteiger partial charge in [0.05, 0.1) is 11.9 Å². The topological polar surface area (TPSA) is 23.8 Å². The second-order valence-corrected chi connectivity index (χ2v) is 7.63. The van der Waals surface area contributed by atoms with Crippen LogP contribution in [0.5, 0.6) is 0 Å². The zero-order chi connectivity index (χ0) is 19.8. The molecule has 0 spiro atoms. The number of nitrogens with zero attached hydrogens (tertiary/aromatic N) is 4. The lowest BCUT2D eigenvalue weighted by atomic mass is 10.1. The van der Waals surface area contributed by atoms with Crippen molar-refractivity contribution in [3.05, 3.63) is 78.9 Å². The first-order valence-corrected chi connectivity index (χ1v) is 9.94. The first-order valence-electron chi connectivity index (χ1n) is 9.94. The third-order valence-corrected chi connectivity index (χ3v) is 5.72. The molecule has 3 heterocycles. The second kappa shape index (κ2) is 7.33. The predicted octanol–water partition coefficient (Wildman–Crippen LogP) is 4.56. The van der Waals surface area contributed by atoms with Crippen LogP contribution in [0.2, 0.25) is 0 Å². The molecule has 0 N–H and O–H groups in total. The van der Waals surface area contributed by atoms with Crippen molar-refractivity contribution < 1.29 is 4.39 Å². The summed E-state index contributed by atoms with van der Waals surface area (Å²) >= 11 is 0. The highest BCUT2D eigenvalue weighted by Crippen LogP contribution is 2.27. The third-order valence-electron chi connectivity index (χ3n) is 5.72. The maximum Gasteiger partial charge on any atom is 0.137 e. The molecule has 0 atom stereocenters. The van der Waals surface area contributed by atoms with E-state index in [4.69, 9.17) is 0 Å². The van der Waals surface area contributed by atoms with E-state index in [0.29, 0.717) is 0 Å². The standard InChI is InChI=1S/C24H23FN4/c1-27-12-14-28(15-13-27)22-8-4-18(5-9-22)20-10-11-29-23(17-26-24(29)16-20)19-2-6-21(25)7-3-19/h2-11,16-17H,12-15H2,1H3. The van der Waals surface area contributed by atoms with Gasteiger partial charge in [0, 0.05) is 43.6 Å². The number of hydrogen-bond acceptors (Lipinski definition) is 3. The van der Waals surface area contributed by atoms with Gasteiger partial charge in [0.25, 0.3) is 0 Å². The average Bonchev–Trinajstić information content (AvgIpc) is 3.18. The summed E-state index contributed by atoms with van der Waals surface area (Å²) in [4.78, 5) is 9.36. The van der Waals surface area contributed by atoms with Gasteiger partial charge in [-0.25, -0.2) is 9.37 Å². The normalized spacial score (nSPS) is 15.2. The Balaban J connectivity index is 1.41. The van der Waals surface area contributed by atoms with Crippen LogP contribution < -0.4 is 4.90 Å². The van der Waals surface area contributed by atoms with Crippen LogP contribution in [-0.4, -0.2) is 47.5 Å². The molecule has 2 aromatic heterocycles. The van der Waals surface area contributed by atoms with Gasteiger partial charge >= 0.3 is 0 Å². The molecule has 4 aromatic rings. The smallest absolute Gasteiger partial charge is 0.137 e. The Labute approximate surface area is 169 Å². The molecule has 5 rings (SSSR count). The molecule has 0 bridgehead atoms. The zero-order valence-corrected chi connectivity index (χ0v) is 16.4. The van der Waals surface area contributed by atoms with Crippen LogP contribution in [-0.2, 0) is 0 Å². The number of likely N-dealkylation sites (N-methyl/N-ethyl adjacent to an activating group) is 1. The molecule has 0 amide bonds. The number of rotatable bonds is 3. The Morgan fingerprint density at radius 2 is 1.48 bits per heavy atom. The molecule has 1 aliphatic rings. The van der Waals surface area contributed by atoms with Gasteiger partial charge in [0.2, 0.25) is 0 Å². The fourth-order valence-corrected chi connectivity index (χ4v) is 3.92. The summed E-state index contributed by atoms with van der Waals surface area (Å²) in [7, 11) is 2.17. The minimum atomic E-state index is -0.232. The van der Waals surface area contributed by atoms with E-state index in [-0.39, 0.29) is 5.82 Å². The average molecular weight is 386 g/mol. The van der Waals surface area contributed by atoms with Gasteiger partial charge in [0.1, 0.15) is 11.5 Å². The molecular weight excluding hydrogens is 363 g/mol. The number of piperazine rings is 1. The zero-order valence-electron chi connectivity index (χ0n) is 16.4. The fraction of sp³-hybridized carbons (Fsp3) is 0.208. The second-order valence-electron chi connectivity index (χ2n) is 7.63. The maximum absolute atomic E-state index is 13.2. The van der Waals surface area contributed by atoms with Crippen LogP contribution in [0.1, 0.15) is 0 Å². The lowest BCUT2D eigenvalue weighted by Gasteiger charge is -2.34. The highest BCUT2D eigenvalue weighted by Gasteiger charge is 2.14. The van der Waals surface area contributed by atoms with Crippen LogP contribution in [0.15, 0.2) is 73.1 Å². The van der Waals surface area contributed by atoms with Crippen LogP contribution in [0, 0.1) is 5.82 Å². The third kappa shape index (κ3) is 3.49. The molecular formula is C24H23FN4. The van der Waals surface area contributed by atoms with Crippen molar-refractivity contribution in [2.24, 2.45) is 0 Å². The van der Waals surface area contributed by atoms with Crippen molar-refractivity contribution in [2.75, 3.05) is 38.1 Å². The Kier molecular flexibility index (Phi) is 4.52. The van der Waals surface area contributed by atoms with E-state index < -0.39 is 0 Å². The molecule has 29 heavy (non-hydrogen) atoms. The van der Waals surface area contributed by atoms with Crippen LogP contribution in [0.4, 0.5) is 10.1 Å².